The summed E-state index contributed by atoms with van der Waals surface area (Å²) in [6.07, 6.45) is 3.41. The van der Waals surface area contributed by atoms with Gasteiger partial charge in [0.05, 0.1) is 24.5 Å². The predicted octanol–water partition coefficient (Wildman–Crippen LogP) is 2.75. The molecule has 1 aliphatic heterocycles. The standard InChI is InChI=1S/C19H21FN6/c1-14-3-4-15(18(20)9-14)12-25-7-8-26-17(13-25)10-16(24-26)11-23-19-21-5-2-6-22-19/h2-6,9-10H,7-8,11-13H2,1H3,(H,21,22,23). The normalized spacial score (nSPS) is 14.2. The number of aryl methyl sites for hydroxylation is 1. The molecule has 0 fully saturated rings. The zero-order valence-corrected chi connectivity index (χ0v) is 14.7. The van der Waals surface area contributed by atoms with Crippen LogP contribution in [0.2, 0.25) is 0 Å². The van der Waals surface area contributed by atoms with Gasteiger partial charge in [0.1, 0.15) is 5.82 Å². The molecule has 134 valence electrons. The van der Waals surface area contributed by atoms with E-state index < -0.39 is 0 Å². The van der Waals surface area contributed by atoms with E-state index in [2.05, 4.69) is 31.3 Å². The third-order valence-corrected chi connectivity index (χ3v) is 4.52. The van der Waals surface area contributed by atoms with Crippen molar-refractivity contribution in [2.75, 3.05) is 11.9 Å². The Morgan fingerprint density at radius 2 is 2.00 bits per heavy atom. The van der Waals surface area contributed by atoms with Crippen LogP contribution in [-0.4, -0.2) is 31.2 Å². The van der Waals surface area contributed by atoms with Crippen LogP contribution in [0.5, 0.6) is 0 Å². The second kappa shape index (κ2) is 7.21. The highest BCUT2D eigenvalue weighted by Crippen LogP contribution is 2.18. The van der Waals surface area contributed by atoms with E-state index in [4.69, 9.17) is 0 Å². The van der Waals surface area contributed by atoms with Gasteiger partial charge in [-0.25, -0.2) is 14.4 Å². The van der Waals surface area contributed by atoms with Crippen molar-refractivity contribution < 1.29 is 4.39 Å². The molecule has 0 spiro atoms. The molecule has 3 aromatic rings. The molecule has 0 atom stereocenters. The predicted molar refractivity (Wildman–Crippen MR) is 96.8 cm³/mol. The third-order valence-electron chi connectivity index (χ3n) is 4.52. The van der Waals surface area contributed by atoms with Gasteiger partial charge in [-0.3, -0.25) is 9.58 Å². The zero-order chi connectivity index (χ0) is 17.9. The molecule has 7 heteroatoms. The summed E-state index contributed by atoms with van der Waals surface area (Å²) in [5.74, 6) is 0.465. The number of aromatic nitrogens is 4. The molecular weight excluding hydrogens is 331 g/mol. The van der Waals surface area contributed by atoms with Crippen LogP contribution in [-0.2, 0) is 26.2 Å². The molecule has 2 aromatic heterocycles. The van der Waals surface area contributed by atoms with E-state index in [1.165, 1.54) is 0 Å². The minimum absolute atomic E-state index is 0.128. The number of halogens is 1. The number of nitrogens with one attached hydrogen (secondary N) is 1. The molecule has 0 radical (unpaired) electrons. The Hall–Kier alpha value is -2.80. The summed E-state index contributed by atoms with van der Waals surface area (Å²) < 4.78 is 16.1. The molecule has 0 aliphatic carbocycles. The van der Waals surface area contributed by atoms with E-state index in [1.807, 2.05) is 23.7 Å². The maximum Gasteiger partial charge on any atom is 0.222 e. The molecule has 26 heavy (non-hydrogen) atoms. The SMILES string of the molecule is Cc1ccc(CN2CCn3nc(CNc4ncccn4)cc3C2)c(F)c1. The summed E-state index contributed by atoms with van der Waals surface area (Å²) in [5.41, 5.74) is 3.79. The fourth-order valence-electron chi connectivity index (χ4n) is 3.18. The highest BCUT2D eigenvalue weighted by Gasteiger charge is 2.19. The average Bonchev–Trinajstić information content (AvgIpc) is 3.05. The van der Waals surface area contributed by atoms with E-state index >= 15 is 0 Å². The zero-order valence-electron chi connectivity index (χ0n) is 14.7. The van der Waals surface area contributed by atoms with Gasteiger partial charge in [-0.2, -0.15) is 5.10 Å². The van der Waals surface area contributed by atoms with Gasteiger partial charge in [-0.15, -0.1) is 0 Å². The molecular formula is C19H21FN6. The van der Waals surface area contributed by atoms with Gasteiger partial charge in [0, 0.05) is 37.6 Å². The highest BCUT2D eigenvalue weighted by molar-refractivity contribution is 5.25. The molecule has 0 saturated carbocycles. The molecule has 4 rings (SSSR count). The highest BCUT2D eigenvalue weighted by atomic mass is 19.1. The fourth-order valence-corrected chi connectivity index (χ4v) is 3.18. The maximum absolute atomic E-state index is 14.1. The van der Waals surface area contributed by atoms with Gasteiger partial charge in [0.15, 0.2) is 0 Å². The van der Waals surface area contributed by atoms with E-state index in [1.54, 1.807) is 24.5 Å². The van der Waals surface area contributed by atoms with Gasteiger partial charge in [-0.1, -0.05) is 12.1 Å². The van der Waals surface area contributed by atoms with Gasteiger partial charge >= 0.3 is 0 Å². The van der Waals surface area contributed by atoms with Crippen LogP contribution < -0.4 is 5.32 Å². The molecule has 3 heterocycles. The number of anilines is 1. The first kappa shape index (κ1) is 16.7. The largest absolute Gasteiger partial charge is 0.348 e. The number of rotatable bonds is 5. The van der Waals surface area contributed by atoms with E-state index in [-0.39, 0.29) is 5.82 Å². The van der Waals surface area contributed by atoms with Crippen molar-refractivity contribution in [2.45, 2.75) is 33.1 Å². The minimum Gasteiger partial charge on any atom is -0.348 e. The number of hydrogen-bond donors (Lipinski definition) is 1. The van der Waals surface area contributed by atoms with Crippen LogP contribution in [0, 0.1) is 12.7 Å². The van der Waals surface area contributed by atoms with Crippen molar-refractivity contribution in [1.82, 2.24) is 24.6 Å². The smallest absolute Gasteiger partial charge is 0.222 e. The summed E-state index contributed by atoms with van der Waals surface area (Å²) >= 11 is 0. The average molecular weight is 352 g/mol. The molecule has 0 unspecified atom stereocenters. The summed E-state index contributed by atoms with van der Waals surface area (Å²) in [4.78, 5) is 10.5. The number of fused-ring (bicyclic) bond motifs is 1. The van der Waals surface area contributed by atoms with Crippen molar-refractivity contribution >= 4 is 5.95 Å². The summed E-state index contributed by atoms with van der Waals surface area (Å²) in [7, 11) is 0. The Bertz CT molecular complexity index is 892. The van der Waals surface area contributed by atoms with E-state index in [9.17, 15) is 4.39 Å². The Morgan fingerprint density at radius 1 is 1.15 bits per heavy atom. The van der Waals surface area contributed by atoms with Crippen LogP contribution >= 0.6 is 0 Å². The summed E-state index contributed by atoms with van der Waals surface area (Å²) in [6.45, 7) is 5.53. The second-order valence-electron chi connectivity index (χ2n) is 6.58. The Kier molecular flexibility index (Phi) is 4.62. The maximum atomic E-state index is 14.1. The lowest BCUT2D eigenvalue weighted by Crippen LogP contribution is -2.33. The first-order chi connectivity index (χ1) is 12.7. The molecule has 0 saturated heterocycles. The second-order valence-corrected chi connectivity index (χ2v) is 6.58. The fraction of sp³-hybridized carbons (Fsp3) is 0.316. The molecule has 0 bridgehead atoms. The quantitative estimate of drug-likeness (QED) is 0.765. The molecule has 1 aliphatic rings. The number of hydrogen-bond acceptors (Lipinski definition) is 5. The van der Waals surface area contributed by atoms with Crippen LogP contribution in [0.15, 0.2) is 42.7 Å². The lowest BCUT2D eigenvalue weighted by atomic mass is 10.1. The van der Waals surface area contributed by atoms with Crippen LogP contribution in [0.3, 0.4) is 0 Å². The Morgan fingerprint density at radius 3 is 2.81 bits per heavy atom. The number of nitrogens with zero attached hydrogens (tertiary/aromatic N) is 5. The Labute approximate surface area is 151 Å². The minimum atomic E-state index is -0.128. The van der Waals surface area contributed by atoms with Gasteiger partial charge in [0.25, 0.3) is 0 Å². The van der Waals surface area contributed by atoms with Crippen molar-refractivity contribution in [3.05, 3.63) is 71.1 Å². The van der Waals surface area contributed by atoms with Crippen LogP contribution in [0.25, 0.3) is 0 Å². The van der Waals surface area contributed by atoms with E-state index in [0.717, 1.165) is 42.1 Å². The van der Waals surface area contributed by atoms with Crippen LogP contribution in [0.1, 0.15) is 22.5 Å². The van der Waals surface area contributed by atoms with Crippen molar-refractivity contribution in [3.63, 3.8) is 0 Å². The molecule has 6 nitrogen and oxygen atoms in total. The van der Waals surface area contributed by atoms with Crippen molar-refractivity contribution in [2.24, 2.45) is 0 Å². The van der Waals surface area contributed by atoms with Gasteiger partial charge in [0.2, 0.25) is 5.95 Å². The lowest BCUT2D eigenvalue weighted by molar-refractivity contribution is 0.202. The van der Waals surface area contributed by atoms with Gasteiger partial charge < -0.3 is 5.32 Å². The molecule has 1 N–H and O–H groups in total. The molecule has 0 amide bonds. The summed E-state index contributed by atoms with van der Waals surface area (Å²) in [6, 6.07) is 9.31. The lowest BCUT2D eigenvalue weighted by Gasteiger charge is -2.27. The monoisotopic (exact) mass is 352 g/mol. The summed E-state index contributed by atoms with van der Waals surface area (Å²) in [5, 5.41) is 7.81. The number of benzene rings is 1. The third kappa shape index (κ3) is 3.72. The van der Waals surface area contributed by atoms with Crippen molar-refractivity contribution in [1.29, 1.82) is 0 Å². The first-order valence-electron chi connectivity index (χ1n) is 8.71. The first-order valence-corrected chi connectivity index (χ1v) is 8.71. The van der Waals surface area contributed by atoms with E-state index in [0.29, 0.717) is 19.0 Å². The van der Waals surface area contributed by atoms with Crippen molar-refractivity contribution in [3.8, 4) is 0 Å². The Balaban J connectivity index is 1.40. The van der Waals surface area contributed by atoms with Gasteiger partial charge in [-0.05, 0) is 30.7 Å². The molecule has 1 aromatic carbocycles. The van der Waals surface area contributed by atoms with Crippen LogP contribution in [0.4, 0.5) is 10.3 Å². The topological polar surface area (TPSA) is 58.9 Å².